The van der Waals surface area contributed by atoms with E-state index in [0.717, 1.165) is 52.1 Å². The minimum atomic E-state index is -3.87. The average Bonchev–Trinajstić information content (AvgIpc) is 2.84. The molecule has 35 heavy (non-hydrogen) atoms. The summed E-state index contributed by atoms with van der Waals surface area (Å²) in [4.78, 5) is 21.0. The molecule has 210 valence electrons. The van der Waals surface area contributed by atoms with Gasteiger partial charge in [0.1, 0.15) is 6.10 Å². The standard InChI is InChI=1S/C23H48NO10P/c1-29-18-19-32-21-22(33-16-11-14-25)20-31-15-9-5-3-7-12-23(26)24-13-8-4-6-10-17-34-35(27,28)30-2/h22,25H,3-21H2,1-2H3,(H,24,26)(H,27,28). The molecule has 0 aliphatic carbocycles. The monoisotopic (exact) mass is 529 g/mol. The van der Waals surface area contributed by atoms with Crippen LogP contribution in [-0.2, 0) is 37.4 Å². The highest BCUT2D eigenvalue weighted by Gasteiger charge is 2.17. The molecule has 0 aromatic carbocycles. The molecule has 0 saturated heterocycles. The van der Waals surface area contributed by atoms with Crippen LogP contribution >= 0.6 is 7.82 Å². The van der Waals surface area contributed by atoms with Crippen molar-refractivity contribution in [1.82, 2.24) is 5.32 Å². The van der Waals surface area contributed by atoms with E-state index in [2.05, 4.69) is 9.84 Å². The van der Waals surface area contributed by atoms with E-state index in [0.29, 0.717) is 65.4 Å². The predicted octanol–water partition coefficient (Wildman–Crippen LogP) is 2.82. The normalized spacial score (nSPS) is 14.1. The maximum atomic E-state index is 11.9. The molecule has 0 saturated carbocycles. The van der Waals surface area contributed by atoms with Gasteiger partial charge in [-0.25, -0.2) is 4.57 Å². The number of rotatable bonds is 27. The Morgan fingerprint density at radius 1 is 0.829 bits per heavy atom. The molecule has 0 aromatic rings. The van der Waals surface area contributed by atoms with E-state index in [1.807, 2.05) is 0 Å². The van der Waals surface area contributed by atoms with Crippen molar-refractivity contribution in [2.45, 2.75) is 70.3 Å². The summed E-state index contributed by atoms with van der Waals surface area (Å²) in [5.74, 6) is 0.0715. The maximum absolute atomic E-state index is 11.9. The van der Waals surface area contributed by atoms with Gasteiger partial charge in [-0.3, -0.25) is 13.8 Å². The molecular weight excluding hydrogens is 481 g/mol. The molecule has 0 spiro atoms. The van der Waals surface area contributed by atoms with Crippen molar-refractivity contribution in [3.63, 3.8) is 0 Å². The molecule has 0 aromatic heterocycles. The van der Waals surface area contributed by atoms with Gasteiger partial charge in [0.2, 0.25) is 5.91 Å². The lowest BCUT2D eigenvalue weighted by atomic mass is 10.1. The first-order valence-electron chi connectivity index (χ1n) is 12.6. The molecule has 0 rings (SSSR count). The Morgan fingerprint density at radius 3 is 2.17 bits per heavy atom. The summed E-state index contributed by atoms with van der Waals surface area (Å²) < 4.78 is 42.1. The second-order valence-corrected chi connectivity index (χ2v) is 9.69. The van der Waals surface area contributed by atoms with E-state index in [1.54, 1.807) is 7.11 Å². The van der Waals surface area contributed by atoms with Crippen molar-refractivity contribution < 1.29 is 47.4 Å². The summed E-state index contributed by atoms with van der Waals surface area (Å²) in [6, 6.07) is 0. The molecule has 1 amide bonds. The van der Waals surface area contributed by atoms with Crippen LogP contribution in [0, 0.1) is 0 Å². The number of carbonyl (C=O) groups is 1. The Bertz CT molecular complexity index is 527. The number of aliphatic hydroxyl groups is 1. The number of nitrogens with one attached hydrogen (secondary N) is 1. The number of unbranched alkanes of at least 4 members (excludes halogenated alkanes) is 6. The summed E-state index contributed by atoms with van der Waals surface area (Å²) >= 11 is 0. The Balaban J connectivity index is 3.57. The lowest BCUT2D eigenvalue weighted by Crippen LogP contribution is -2.27. The number of phosphoric acid groups is 1. The van der Waals surface area contributed by atoms with E-state index in [9.17, 15) is 9.36 Å². The van der Waals surface area contributed by atoms with Crippen molar-refractivity contribution in [2.24, 2.45) is 0 Å². The third-order valence-corrected chi connectivity index (χ3v) is 5.99. The molecule has 0 radical (unpaired) electrons. The Hall–Kier alpha value is -0.620. The van der Waals surface area contributed by atoms with Crippen LogP contribution < -0.4 is 5.32 Å². The number of ether oxygens (including phenoxy) is 4. The van der Waals surface area contributed by atoms with Gasteiger partial charge in [-0.15, -0.1) is 0 Å². The Labute approximate surface area is 210 Å². The first-order chi connectivity index (χ1) is 16.9. The third-order valence-electron chi connectivity index (χ3n) is 5.02. The van der Waals surface area contributed by atoms with Gasteiger partial charge in [0.05, 0.1) is 33.0 Å². The van der Waals surface area contributed by atoms with Crippen LogP contribution in [0.2, 0.25) is 0 Å². The van der Waals surface area contributed by atoms with Crippen molar-refractivity contribution in [3.8, 4) is 0 Å². The number of aliphatic hydroxyl groups excluding tert-OH is 1. The molecule has 0 fully saturated rings. The van der Waals surface area contributed by atoms with Crippen molar-refractivity contribution in [1.29, 1.82) is 0 Å². The van der Waals surface area contributed by atoms with Crippen molar-refractivity contribution in [2.75, 3.05) is 73.6 Å². The zero-order valence-electron chi connectivity index (χ0n) is 21.6. The van der Waals surface area contributed by atoms with E-state index in [4.69, 9.17) is 33.5 Å². The second-order valence-electron chi connectivity index (χ2n) is 8.13. The Kier molecular flexibility index (Phi) is 24.6. The van der Waals surface area contributed by atoms with E-state index in [-0.39, 0.29) is 25.2 Å². The van der Waals surface area contributed by atoms with Gasteiger partial charge < -0.3 is 34.3 Å². The predicted molar refractivity (Wildman–Crippen MR) is 132 cm³/mol. The van der Waals surface area contributed by atoms with Gasteiger partial charge >= 0.3 is 7.82 Å². The van der Waals surface area contributed by atoms with Crippen LogP contribution in [0.15, 0.2) is 0 Å². The first kappa shape index (κ1) is 34.4. The highest BCUT2D eigenvalue weighted by molar-refractivity contribution is 7.47. The largest absolute Gasteiger partial charge is 0.471 e. The van der Waals surface area contributed by atoms with Crippen LogP contribution in [-0.4, -0.2) is 95.6 Å². The number of methoxy groups -OCH3 is 1. The summed E-state index contributed by atoms with van der Waals surface area (Å²) in [6.45, 7) is 3.94. The van der Waals surface area contributed by atoms with Crippen LogP contribution in [0.25, 0.3) is 0 Å². The quantitative estimate of drug-likeness (QED) is 0.107. The molecular formula is C23H48NO10P. The fourth-order valence-electron chi connectivity index (χ4n) is 3.00. The van der Waals surface area contributed by atoms with Crippen molar-refractivity contribution >= 4 is 13.7 Å². The molecule has 0 aliphatic rings. The van der Waals surface area contributed by atoms with Gasteiger partial charge in [-0.05, 0) is 32.1 Å². The molecule has 2 unspecified atom stereocenters. The van der Waals surface area contributed by atoms with Crippen LogP contribution in [0.4, 0.5) is 0 Å². The van der Waals surface area contributed by atoms with Gasteiger partial charge in [0.15, 0.2) is 0 Å². The zero-order valence-corrected chi connectivity index (χ0v) is 22.5. The molecule has 12 heteroatoms. The maximum Gasteiger partial charge on any atom is 0.471 e. The SMILES string of the molecule is COCCOCC(COCCCCCCC(=O)NCCCCCCOP(=O)(O)OC)OCCCO. The minimum Gasteiger partial charge on any atom is -0.396 e. The highest BCUT2D eigenvalue weighted by Crippen LogP contribution is 2.41. The van der Waals surface area contributed by atoms with Gasteiger partial charge in [0, 0.05) is 47.0 Å². The van der Waals surface area contributed by atoms with Crippen molar-refractivity contribution in [3.05, 3.63) is 0 Å². The average molecular weight is 530 g/mol. The van der Waals surface area contributed by atoms with E-state index >= 15 is 0 Å². The van der Waals surface area contributed by atoms with Crippen LogP contribution in [0.1, 0.15) is 64.2 Å². The molecule has 11 nitrogen and oxygen atoms in total. The molecule has 2 atom stereocenters. The molecule has 0 aliphatic heterocycles. The minimum absolute atomic E-state index is 0.0715. The summed E-state index contributed by atoms with van der Waals surface area (Å²) in [5.41, 5.74) is 0. The topological polar surface area (TPSA) is 142 Å². The lowest BCUT2D eigenvalue weighted by Gasteiger charge is -2.18. The Morgan fingerprint density at radius 2 is 1.49 bits per heavy atom. The number of carbonyl (C=O) groups excluding carboxylic acids is 1. The van der Waals surface area contributed by atoms with Crippen LogP contribution in [0.3, 0.4) is 0 Å². The lowest BCUT2D eigenvalue weighted by molar-refractivity contribution is -0.121. The number of amides is 1. The molecule has 3 N–H and O–H groups in total. The smallest absolute Gasteiger partial charge is 0.396 e. The van der Waals surface area contributed by atoms with Crippen LogP contribution in [0.5, 0.6) is 0 Å². The van der Waals surface area contributed by atoms with E-state index in [1.165, 1.54) is 0 Å². The fourth-order valence-corrected chi connectivity index (χ4v) is 3.47. The first-order valence-corrected chi connectivity index (χ1v) is 14.1. The fraction of sp³-hybridized carbons (Fsp3) is 0.957. The summed E-state index contributed by atoms with van der Waals surface area (Å²) in [7, 11) is -1.11. The summed E-state index contributed by atoms with van der Waals surface area (Å²) in [5, 5.41) is 11.8. The van der Waals surface area contributed by atoms with Gasteiger partial charge in [-0.1, -0.05) is 25.7 Å². The van der Waals surface area contributed by atoms with Gasteiger partial charge in [-0.2, -0.15) is 0 Å². The second kappa shape index (κ2) is 25.0. The molecule has 0 bridgehead atoms. The third kappa shape index (κ3) is 24.8. The zero-order chi connectivity index (χ0) is 26.0. The molecule has 0 heterocycles. The van der Waals surface area contributed by atoms with E-state index < -0.39 is 7.82 Å². The number of phosphoric ester groups is 1. The highest BCUT2D eigenvalue weighted by atomic mass is 31.2. The number of hydrogen-bond acceptors (Lipinski definition) is 9. The van der Waals surface area contributed by atoms with Gasteiger partial charge in [0.25, 0.3) is 0 Å². The number of hydrogen-bond donors (Lipinski definition) is 3. The summed E-state index contributed by atoms with van der Waals surface area (Å²) in [6.07, 6.45) is 8.02.